The first-order valence-electron chi connectivity index (χ1n) is 7.77. The zero-order chi connectivity index (χ0) is 17.7. The summed E-state index contributed by atoms with van der Waals surface area (Å²) in [5.74, 6) is -0.198. The Hall–Kier alpha value is -2.08. The zero-order valence-electron chi connectivity index (χ0n) is 14.2. The lowest BCUT2D eigenvalue weighted by Crippen LogP contribution is -2.37. The molecule has 0 atom stereocenters. The van der Waals surface area contributed by atoms with Crippen molar-refractivity contribution in [3.05, 3.63) is 47.0 Å². The number of allylic oxidation sites excluding steroid dienone is 1. The Balaban J connectivity index is 1.98. The summed E-state index contributed by atoms with van der Waals surface area (Å²) in [4.78, 5) is 37.6. The van der Waals surface area contributed by atoms with Crippen molar-refractivity contribution in [2.24, 2.45) is 5.41 Å². The van der Waals surface area contributed by atoms with Crippen LogP contribution in [0.1, 0.15) is 26.3 Å². The van der Waals surface area contributed by atoms with E-state index in [0.717, 1.165) is 5.56 Å². The summed E-state index contributed by atoms with van der Waals surface area (Å²) >= 11 is 1.30. The molecule has 1 aromatic carbocycles. The number of benzene rings is 1. The van der Waals surface area contributed by atoms with Crippen molar-refractivity contribution in [1.82, 2.24) is 10.2 Å². The number of carbonyl (C=O) groups excluding carboxylic acids is 3. The van der Waals surface area contributed by atoms with Crippen LogP contribution in [0.4, 0.5) is 0 Å². The van der Waals surface area contributed by atoms with Gasteiger partial charge in [-0.25, -0.2) is 0 Å². The fourth-order valence-corrected chi connectivity index (χ4v) is 2.96. The minimum Gasteiger partial charge on any atom is -0.350 e. The predicted molar refractivity (Wildman–Crippen MR) is 95.0 cm³/mol. The molecular formula is C18H22N2O3S. The molecule has 0 spiro atoms. The average molecular weight is 346 g/mol. The number of carbonyl (C=O) groups is 3. The van der Waals surface area contributed by atoms with E-state index in [2.05, 4.69) is 5.32 Å². The largest absolute Gasteiger partial charge is 0.350 e. The SMILES string of the molecule is CC(C)(C)C(=O)/C=C1\SCC(=O)N1CC(=O)NCc1ccccc1. The Morgan fingerprint density at radius 1 is 1.25 bits per heavy atom. The lowest BCUT2D eigenvalue weighted by atomic mass is 9.91. The second kappa shape index (κ2) is 7.66. The van der Waals surface area contributed by atoms with Crippen LogP contribution in [0.25, 0.3) is 0 Å². The molecule has 0 bridgehead atoms. The fraction of sp³-hybridized carbons (Fsp3) is 0.389. The molecule has 2 rings (SSSR count). The van der Waals surface area contributed by atoms with Crippen molar-refractivity contribution >= 4 is 29.4 Å². The molecule has 128 valence electrons. The number of hydrogen-bond donors (Lipinski definition) is 1. The molecule has 0 unspecified atom stereocenters. The van der Waals surface area contributed by atoms with Crippen molar-refractivity contribution in [3.8, 4) is 0 Å². The van der Waals surface area contributed by atoms with Gasteiger partial charge in [0.05, 0.1) is 10.8 Å². The summed E-state index contributed by atoms with van der Waals surface area (Å²) in [6, 6.07) is 9.56. The molecule has 0 radical (unpaired) electrons. The predicted octanol–water partition coefficient (Wildman–Crippen LogP) is 2.33. The molecule has 5 nitrogen and oxygen atoms in total. The number of thioether (sulfide) groups is 1. The van der Waals surface area contributed by atoms with Gasteiger partial charge in [-0.15, -0.1) is 0 Å². The summed E-state index contributed by atoms with van der Waals surface area (Å²) in [5.41, 5.74) is 0.479. The topological polar surface area (TPSA) is 66.5 Å². The summed E-state index contributed by atoms with van der Waals surface area (Å²) < 4.78 is 0. The maximum atomic E-state index is 12.1. The van der Waals surface area contributed by atoms with Gasteiger partial charge < -0.3 is 5.32 Å². The molecule has 1 fully saturated rings. The number of nitrogens with zero attached hydrogens (tertiary/aromatic N) is 1. The molecule has 1 saturated heterocycles. The van der Waals surface area contributed by atoms with Gasteiger partial charge in [-0.3, -0.25) is 19.3 Å². The highest BCUT2D eigenvalue weighted by molar-refractivity contribution is 8.04. The second-order valence-electron chi connectivity index (χ2n) is 6.63. The van der Waals surface area contributed by atoms with Gasteiger partial charge in [-0.05, 0) is 5.56 Å². The molecule has 1 N–H and O–H groups in total. The van der Waals surface area contributed by atoms with Gasteiger partial charge >= 0.3 is 0 Å². The molecule has 24 heavy (non-hydrogen) atoms. The monoisotopic (exact) mass is 346 g/mol. The molecule has 1 aliphatic rings. The van der Waals surface area contributed by atoms with E-state index in [1.165, 1.54) is 22.7 Å². The first kappa shape index (κ1) is 18.3. The van der Waals surface area contributed by atoms with E-state index < -0.39 is 5.41 Å². The van der Waals surface area contributed by atoms with E-state index in [1.54, 1.807) is 0 Å². The first-order valence-corrected chi connectivity index (χ1v) is 8.76. The Labute approximate surface area is 146 Å². The van der Waals surface area contributed by atoms with Gasteiger partial charge in [0.15, 0.2) is 5.78 Å². The van der Waals surface area contributed by atoms with Crippen molar-refractivity contribution in [2.45, 2.75) is 27.3 Å². The number of ketones is 1. The van der Waals surface area contributed by atoms with E-state index >= 15 is 0 Å². The van der Waals surface area contributed by atoms with Crippen LogP contribution in [0.5, 0.6) is 0 Å². The summed E-state index contributed by atoms with van der Waals surface area (Å²) in [5, 5.41) is 3.35. The van der Waals surface area contributed by atoms with Crippen LogP contribution < -0.4 is 5.32 Å². The van der Waals surface area contributed by atoms with Crippen LogP contribution in [0, 0.1) is 5.41 Å². The highest BCUT2D eigenvalue weighted by Crippen LogP contribution is 2.30. The third kappa shape index (κ3) is 4.96. The maximum absolute atomic E-state index is 12.1. The molecule has 1 heterocycles. The smallest absolute Gasteiger partial charge is 0.240 e. The van der Waals surface area contributed by atoms with Crippen LogP contribution in [0.3, 0.4) is 0 Å². The third-order valence-electron chi connectivity index (χ3n) is 3.54. The minimum absolute atomic E-state index is 0.0607. The standard InChI is InChI=1S/C18H22N2O3S/c1-18(2,3)14(21)9-17-20(16(23)12-24-17)11-15(22)19-10-13-7-5-4-6-8-13/h4-9H,10-12H2,1-3H3,(H,19,22)/b17-9-. The molecular weight excluding hydrogens is 324 g/mol. The van der Waals surface area contributed by atoms with Gasteiger partial charge in [0.1, 0.15) is 6.54 Å². The normalized spacial score (nSPS) is 16.5. The average Bonchev–Trinajstić information content (AvgIpc) is 2.86. The molecule has 6 heteroatoms. The van der Waals surface area contributed by atoms with E-state index in [9.17, 15) is 14.4 Å². The van der Waals surface area contributed by atoms with Gasteiger partial charge in [0.2, 0.25) is 11.8 Å². The summed E-state index contributed by atoms with van der Waals surface area (Å²) in [6.45, 7) is 5.82. The Bertz CT molecular complexity index is 663. The van der Waals surface area contributed by atoms with Crippen LogP contribution in [-0.4, -0.2) is 34.8 Å². The van der Waals surface area contributed by atoms with E-state index in [1.807, 2.05) is 51.1 Å². The van der Waals surface area contributed by atoms with Crippen LogP contribution in [-0.2, 0) is 20.9 Å². The Kier molecular flexibility index (Phi) is 5.83. The summed E-state index contributed by atoms with van der Waals surface area (Å²) in [7, 11) is 0. The summed E-state index contributed by atoms with van der Waals surface area (Å²) in [6.07, 6.45) is 1.47. The molecule has 1 aliphatic heterocycles. The van der Waals surface area contributed by atoms with Gasteiger partial charge in [-0.2, -0.15) is 0 Å². The van der Waals surface area contributed by atoms with Crippen molar-refractivity contribution in [3.63, 3.8) is 0 Å². The quantitative estimate of drug-likeness (QED) is 0.831. The van der Waals surface area contributed by atoms with Crippen LogP contribution in [0.2, 0.25) is 0 Å². The van der Waals surface area contributed by atoms with Crippen molar-refractivity contribution < 1.29 is 14.4 Å². The van der Waals surface area contributed by atoms with Gasteiger partial charge in [0, 0.05) is 18.0 Å². The van der Waals surface area contributed by atoms with Crippen molar-refractivity contribution in [1.29, 1.82) is 0 Å². The van der Waals surface area contributed by atoms with Gasteiger partial charge in [0.25, 0.3) is 0 Å². The lowest BCUT2D eigenvalue weighted by molar-refractivity contribution is -0.131. The second-order valence-corrected chi connectivity index (χ2v) is 7.62. The first-order chi connectivity index (χ1) is 11.3. The highest BCUT2D eigenvalue weighted by atomic mass is 32.2. The Morgan fingerprint density at radius 2 is 1.92 bits per heavy atom. The number of nitrogens with one attached hydrogen (secondary N) is 1. The molecule has 0 aromatic heterocycles. The highest BCUT2D eigenvalue weighted by Gasteiger charge is 2.30. The maximum Gasteiger partial charge on any atom is 0.240 e. The molecule has 0 aliphatic carbocycles. The fourth-order valence-electron chi connectivity index (χ4n) is 2.02. The minimum atomic E-state index is -0.513. The number of amides is 2. The number of hydrogen-bond acceptors (Lipinski definition) is 4. The molecule has 1 aromatic rings. The van der Waals surface area contributed by atoms with E-state index in [-0.39, 0.29) is 29.9 Å². The number of rotatable bonds is 5. The van der Waals surface area contributed by atoms with E-state index in [0.29, 0.717) is 11.6 Å². The van der Waals surface area contributed by atoms with Crippen molar-refractivity contribution in [2.75, 3.05) is 12.3 Å². The van der Waals surface area contributed by atoms with Gasteiger partial charge in [-0.1, -0.05) is 62.9 Å². The van der Waals surface area contributed by atoms with E-state index in [4.69, 9.17) is 0 Å². The molecule has 2 amide bonds. The third-order valence-corrected chi connectivity index (χ3v) is 4.56. The Morgan fingerprint density at radius 3 is 2.54 bits per heavy atom. The molecule has 0 saturated carbocycles. The van der Waals surface area contributed by atoms with Crippen LogP contribution >= 0.6 is 11.8 Å². The lowest BCUT2D eigenvalue weighted by Gasteiger charge is -2.19. The zero-order valence-corrected chi connectivity index (χ0v) is 15.0. The van der Waals surface area contributed by atoms with Crippen LogP contribution in [0.15, 0.2) is 41.4 Å².